The summed E-state index contributed by atoms with van der Waals surface area (Å²) in [5.74, 6) is 0.389. The summed E-state index contributed by atoms with van der Waals surface area (Å²) in [7, 11) is -3.49. The smallest absolute Gasteiger partial charge is 0.245 e. The summed E-state index contributed by atoms with van der Waals surface area (Å²) in [6.07, 6.45) is 1.96. The van der Waals surface area contributed by atoms with Crippen LogP contribution in [-0.2, 0) is 10.0 Å². The molecule has 1 aromatic rings. The van der Waals surface area contributed by atoms with E-state index in [1.165, 1.54) is 4.31 Å². The highest BCUT2D eigenvalue weighted by Gasteiger charge is 2.26. The number of benzene rings is 1. The molecule has 0 amide bonds. The van der Waals surface area contributed by atoms with Crippen LogP contribution in [0.15, 0.2) is 29.2 Å². The quantitative estimate of drug-likeness (QED) is 0.783. The molecule has 0 spiro atoms. The van der Waals surface area contributed by atoms with Crippen LogP contribution in [0.3, 0.4) is 0 Å². The molecule has 0 saturated heterocycles. The van der Waals surface area contributed by atoms with Crippen LogP contribution in [-0.4, -0.2) is 25.8 Å². The van der Waals surface area contributed by atoms with Gasteiger partial charge in [-0.1, -0.05) is 45.7 Å². The fourth-order valence-electron chi connectivity index (χ4n) is 2.09. The summed E-state index contributed by atoms with van der Waals surface area (Å²) >= 11 is 0. The molecule has 0 atom stereocenters. The minimum Gasteiger partial charge on any atom is -0.398 e. The predicted molar refractivity (Wildman–Crippen MR) is 79.4 cm³/mol. The molecular formula is C14H24N2O2S. The maximum Gasteiger partial charge on any atom is 0.245 e. The third-order valence-corrected chi connectivity index (χ3v) is 5.52. The van der Waals surface area contributed by atoms with Crippen molar-refractivity contribution in [3.8, 4) is 0 Å². The molecule has 2 N–H and O–H groups in total. The van der Waals surface area contributed by atoms with Crippen molar-refractivity contribution in [1.82, 2.24) is 4.31 Å². The van der Waals surface area contributed by atoms with Crippen LogP contribution in [0.4, 0.5) is 5.69 Å². The van der Waals surface area contributed by atoms with Crippen molar-refractivity contribution >= 4 is 15.7 Å². The first-order chi connectivity index (χ1) is 8.97. The zero-order valence-corrected chi connectivity index (χ0v) is 12.8. The Kier molecular flexibility index (Phi) is 5.82. The van der Waals surface area contributed by atoms with Gasteiger partial charge in [0.25, 0.3) is 0 Å². The molecule has 1 aromatic carbocycles. The first-order valence-corrected chi connectivity index (χ1v) is 8.25. The van der Waals surface area contributed by atoms with Gasteiger partial charge in [0.05, 0.1) is 5.69 Å². The molecule has 1 rings (SSSR count). The second-order valence-corrected chi connectivity index (χ2v) is 6.58. The highest BCUT2D eigenvalue weighted by molar-refractivity contribution is 7.89. The SMILES string of the molecule is CCC(CC)CN(CC)S(=O)(=O)c1ccccc1N. The van der Waals surface area contributed by atoms with Crippen LogP contribution in [0.25, 0.3) is 0 Å². The van der Waals surface area contributed by atoms with Crippen molar-refractivity contribution in [3.05, 3.63) is 24.3 Å². The lowest BCUT2D eigenvalue weighted by atomic mass is 10.0. The highest BCUT2D eigenvalue weighted by atomic mass is 32.2. The van der Waals surface area contributed by atoms with Gasteiger partial charge in [-0.05, 0) is 18.1 Å². The van der Waals surface area contributed by atoms with Gasteiger partial charge in [0.15, 0.2) is 0 Å². The molecule has 0 aliphatic carbocycles. The van der Waals surface area contributed by atoms with Gasteiger partial charge >= 0.3 is 0 Å². The van der Waals surface area contributed by atoms with E-state index in [1.807, 2.05) is 6.92 Å². The van der Waals surface area contributed by atoms with Crippen LogP contribution in [0.2, 0.25) is 0 Å². The number of nitrogens with zero attached hydrogens (tertiary/aromatic N) is 1. The molecule has 0 bridgehead atoms. The minimum atomic E-state index is -3.49. The number of para-hydroxylation sites is 1. The topological polar surface area (TPSA) is 63.4 Å². The van der Waals surface area contributed by atoms with Gasteiger partial charge in [0.1, 0.15) is 4.90 Å². The summed E-state index contributed by atoms with van der Waals surface area (Å²) in [6.45, 7) is 7.06. The minimum absolute atomic E-state index is 0.211. The predicted octanol–water partition coefficient (Wildman–Crippen LogP) is 2.72. The zero-order valence-electron chi connectivity index (χ0n) is 12.0. The fourth-order valence-corrected chi connectivity index (χ4v) is 3.73. The molecule has 0 saturated carbocycles. The van der Waals surface area contributed by atoms with E-state index in [0.717, 1.165) is 12.8 Å². The molecular weight excluding hydrogens is 260 g/mol. The highest BCUT2D eigenvalue weighted by Crippen LogP contribution is 2.23. The van der Waals surface area contributed by atoms with Gasteiger partial charge in [-0.25, -0.2) is 8.42 Å². The summed E-state index contributed by atoms with van der Waals surface area (Å²) in [6, 6.07) is 6.64. The number of rotatable bonds is 7. The standard InChI is InChI=1S/C14H24N2O2S/c1-4-12(5-2)11-16(6-3)19(17,18)14-10-8-7-9-13(14)15/h7-10,12H,4-6,11,15H2,1-3H3. The van der Waals surface area contributed by atoms with Crippen molar-refractivity contribution < 1.29 is 8.42 Å². The lowest BCUT2D eigenvalue weighted by molar-refractivity contribution is 0.339. The summed E-state index contributed by atoms with van der Waals surface area (Å²) in [5, 5.41) is 0. The summed E-state index contributed by atoms with van der Waals surface area (Å²) in [5.41, 5.74) is 6.10. The molecule has 5 heteroatoms. The molecule has 108 valence electrons. The molecule has 19 heavy (non-hydrogen) atoms. The van der Waals surface area contributed by atoms with Gasteiger partial charge in [0, 0.05) is 13.1 Å². The Morgan fingerprint density at radius 2 is 1.74 bits per heavy atom. The van der Waals surface area contributed by atoms with Crippen LogP contribution >= 0.6 is 0 Å². The lowest BCUT2D eigenvalue weighted by Gasteiger charge is -2.25. The second kappa shape index (κ2) is 6.91. The number of hydrogen-bond donors (Lipinski definition) is 1. The molecule has 4 nitrogen and oxygen atoms in total. The van der Waals surface area contributed by atoms with Crippen molar-refractivity contribution in [1.29, 1.82) is 0 Å². The Balaban J connectivity index is 3.06. The van der Waals surface area contributed by atoms with E-state index in [0.29, 0.717) is 24.7 Å². The van der Waals surface area contributed by atoms with E-state index in [1.54, 1.807) is 24.3 Å². The maximum absolute atomic E-state index is 12.6. The average Bonchev–Trinajstić information content (AvgIpc) is 2.40. The molecule has 0 aromatic heterocycles. The third kappa shape index (κ3) is 3.70. The zero-order chi connectivity index (χ0) is 14.5. The second-order valence-electron chi connectivity index (χ2n) is 4.68. The normalized spacial score (nSPS) is 12.3. The van der Waals surface area contributed by atoms with Gasteiger partial charge in [-0.3, -0.25) is 0 Å². The van der Waals surface area contributed by atoms with E-state index >= 15 is 0 Å². The first kappa shape index (κ1) is 16.0. The summed E-state index contributed by atoms with van der Waals surface area (Å²) < 4.78 is 26.7. The number of nitrogen functional groups attached to an aromatic ring is 1. The van der Waals surface area contributed by atoms with E-state index in [4.69, 9.17) is 5.73 Å². The van der Waals surface area contributed by atoms with Crippen LogP contribution < -0.4 is 5.73 Å². The largest absolute Gasteiger partial charge is 0.398 e. The van der Waals surface area contributed by atoms with Crippen molar-refractivity contribution in [2.24, 2.45) is 5.92 Å². The Hall–Kier alpha value is -1.07. The molecule has 0 unspecified atom stereocenters. The Morgan fingerprint density at radius 1 is 1.16 bits per heavy atom. The lowest BCUT2D eigenvalue weighted by Crippen LogP contribution is -2.35. The maximum atomic E-state index is 12.6. The van der Waals surface area contributed by atoms with Gasteiger partial charge in [-0.15, -0.1) is 0 Å². The monoisotopic (exact) mass is 284 g/mol. The van der Waals surface area contributed by atoms with Gasteiger partial charge in [-0.2, -0.15) is 4.31 Å². The first-order valence-electron chi connectivity index (χ1n) is 6.81. The summed E-state index contributed by atoms with van der Waals surface area (Å²) in [4.78, 5) is 0.211. The van der Waals surface area contributed by atoms with Crippen LogP contribution in [0, 0.1) is 5.92 Å². The van der Waals surface area contributed by atoms with Crippen molar-refractivity contribution in [2.45, 2.75) is 38.5 Å². The van der Waals surface area contributed by atoms with Crippen molar-refractivity contribution in [2.75, 3.05) is 18.8 Å². The van der Waals surface area contributed by atoms with E-state index in [2.05, 4.69) is 13.8 Å². The molecule has 0 heterocycles. The number of nitrogens with two attached hydrogens (primary N) is 1. The van der Waals surface area contributed by atoms with Crippen LogP contribution in [0.5, 0.6) is 0 Å². The molecule has 0 fully saturated rings. The van der Waals surface area contributed by atoms with Crippen molar-refractivity contribution in [3.63, 3.8) is 0 Å². The Labute approximate surface area is 116 Å². The molecule has 0 aliphatic rings. The van der Waals surface area contributed by atoms with Gasteiger partial charge in [0.2, 0.25) is 10.0 Å². The van der Waals surface area contributed by atoms with Crippen LogP contribution in [0.1, 0.15) is 33.6 Å². The number of sulfonamides is 1. The van der Waals surface area contributed by atoms with E-state index in [9.17, 15) is 8.42 Å². The Morgan fingerprint density at radius 3 is 2.21 bits per heavy atom. The molecule has 0 aliphatic heterocycles. The van der Waals surface area contributed by atoms with E-state index in [-0.39, 0.29) is 4.90 Å². The fraction of sp³-hybridized carbons (Fsp3) is 0.571. The van der Waals surface area contributed by atoms with Gasteiger partial charge < -0.3 is 5.73 Å². The number of hydrogen-bond acceptors (Lipinski definition) is 3. The average molecular weight is 284 g/mol. The Bertz CT molecular complexity index is 496. The number of anilines is 1. The van der Waals surface area contributed by atoms with E-state index < -0.39 is 10.0 Å². The molecule has 0 radical (unpaired) electrons. The third-order valence-electron chi connectivity index (χ3n) is 3.51.